The summed E-state index contributed by atoms with van der Waals surface area (Å²) < 4.78 is 11.8. The summed E-state index contributed by atoms with van der Waals surface area (Å²) in [5, 5.41) is 10.7. The van der Waals surface area contributed by atoms with Crippen molar-refractivity contribution >= 4 is 11.4 Å². The fourth-order valence-electron chi connectivity index (χ4n) is 3.38. The zero-order chi connectivity index (χ0) is 19.7. The van der Waals surface area contributed by atoms with E-state index in [2.05, 4.69) is 35.1 Å². The van der Waals surface area contributed by atoms with Crippen LogP contribution >= 0.6 is 0 Å². The third kappa shape index (κ3) is 4.21. The molecule has 0 bridgehead atoms. The molecule has 0 spiro atoms. The molecule has 2 aromatic rings. The van der Waals surface area contributed by atoms with Gasteiger partial charge in [-0.3, -0.25) is 10.1 Å². The van der Waals surface area contributed by atoms with E-state index in [0.717, 1.165) is 53.0 Å². The van der Waals surface area contributed by atoms with Crippen LogP contribution in [0, 0.1) is 12.8 Å². The predicted octanol–water partition coefficient (Wildman–Crippen LogP) is 4.07. The van der Waals surface area contributed by atoms with Crippen LogP contribution < -0.4 is 14.8 Å². The molecule has 28 heavy (non-hydrogen) atoms. The highest BCUT2D eigenvalue weighted by Gasteiger charge is 2.24. The van der Waals surface area contributed by atoms with E-state index < -0.39 is 0 Å². The van der Waals surface area contributed by atoms with Crippen LogP contribution in [-0.4, -0.2) is 35.2 Å². The Morgan fingerprint density at radius 3 is 2.93 bits per heavy atom. The second kappa shape index (κ2) is 7.70. The lowest BCUT2D eigenvalue weighted by molar-refractivity contribution is 0.269. The molecule has 148 valence electrons. The number of fused-ring (bicyclic) bond motifs is 1. The fourth-order valence-corrected chi connectivity index (χ4v) is 3.38. The Morgan fingerprint density at radius 1 is 1.36 bits per heavy atom. The van der Waals surface area contributed by atoms with Gasteiger partial charge < -0.3 is 14.8 Å². The van der Waals surface area contributed by atoms with Gasteiger partial charge in [0, 0.05) is 17.7 Å². The minimum absolute atomic E-state index is 0.166. The highest BCUT2D eigenvalue weighted by Crippen LogP contribution is 2.34. The molecular weight excluding hydrogens is 352 g/mol. The number of aliphatic imine (C=N–C) groups is 1. The first-order valence-electron chi connectivity index (χ1n) is 9.93. The number of benzene rings is 1. The SMILES string of the molecule is C=C(C)N[C@@H](C)COc1n[nH]c(C2=Nc3ccc(OCC4CC4)cc3C2)c1C. The number of nitrogens with one attached hydrogen (secondary N) is 2. The van der Waals surface area contributed by atoms with Crippen molar-refractivity contribution < 1.29 is 9.47 Å². The van der Waals surface area contributed by atoms with Gasteiger partial charge in [0.1, 0.15) is 12.4 Å². The molecule has 4 rings (SSSR count). The van der Waals surface area contributed by atoms with Gasteiger partial charge in [-0.2, -0.15) is 0 Å². The topological polar surface area (TPSA) is 71.5 Å². The molecule has 1 atom stereocenters. The molecule has 2 N–H and O–H groups in total. The molecule has 2 heterocycles. The third-order valence-electron chi connectivity index (χ3n) is 5.06. The predicted molar refractivity (Wildman–Crippen MR) is 111 cm³/mol. The van der Waals surface area contributed by atoms with Crippen LogP contribution in [-0.2, 0) is 6.42 Å². The van der Waals surface area contributed by atoms with Gasteiger partial charge in [0.2, 0.25) is 5.88 Å². The van der Waals surface area contributed by atoms with Crippen molar-refractivity contribution in [2.24, 2.45) is 10.9 Å². The summed E-state index contributed by atoms with van der Waals surface area (Å²) in [4.78, 5) is 4.79. The molecule has 1 saturated carbocycles. The second-order valence-electron chi connectivity index (χ2n) is 7.95. The number of aromatic amines is 1. The molecule has 0 radical (unpaired) electrons. The summed E-state index contributed by atoms with van der Waals surface area (Å²) in [5.41, 5.74) is 6.03. The molecule has 0 amide bonds. The maximum Gasteiger partial charge on any atom is 0.236 e. The van der Waals surface area contributed by atoms with Gasteiger partial charge in [0.25, 0.3) is 0 Å². The summed E-state index contributed by atoms with van der Waals surface area (Å²) in [6, 6.07) is 6.33. The normalized spacial score (nSPS) is 16.3. The number of H-pyrrole nitrogens is 1. The molecule has 0 saturated heterocycles. The van der Waals surface area contributed by atoms with Crippen molar-refractivity contribution in [3.63, 3.8) is 0 Å². The molecule has 0 unspecified atom stereocenters. The average Bonchev–Trinajstić information content (AvgIpc) is 3.27. The second-order valence-corrected chi connectivity index (χ2v) is 7.95. The van der Waals surface area contributed by atoms with Crippen LogP contribution in [0.2, 0.25) is 0 Å². The highest BCUT2D eigenvalue weighted by atomic mass is 16.5. The minimum Gasteiger partial charge on any atom is -0.493 e. The monoisotopic (exact) mass is 380 g/mol. The lowest BCUT2D eigenvalue weighted by Crippen LogP contribution is -2.30. The molecule has 1 aliphatic heterocycles. The summed E-state index contributed by atoms with van der Waals surface area (Å²) in [6.45, 7) is 11.2. The lowest BCUT2D eigenvalue weighted by atomic mass is 10.1. The summed E-state index contributed by atoms with van der Waals surface area (Å²) >= 11 is 0. The third-order valence-corrected chi connectivity index (χ3v) is 5.06. The van der Waals surface area contributed by atoms with E-state index in [1.165, 1.54) is 18.4 Å². The first-order chi connectivity index (χ1) is 13.5. The summed E-state index contributed by atoms with van der Waals surface area (Å²) in [6.07, 6.45) is 3.36. The van der Waals surface area contributed by atoms with E-state index in [1.807, 2.05) is 26.0 Å². The number of aromatic nitrogens is 2. The summed E-state index contributed by atoms with van der Waals surface area (Å²) in [5.74, 6) is 2.31. The van der Waals surface area contributed by atoms with Crippen molar-refractivity contribution in [2.45, 2.75) is 46.1 Å². The first kappa shape index (κ1) is 18.6. The molecule has 2 aliphatic rings. The minimum atomic E-state index is 0.166. The molecular formula is C22H28N4O2. The van der Waals surface area contributed by atoms with Crippen LogP contribution in [0.25, 0.3) is 0 Å². The van der Waals surface area contributed by atoms with E-state index in [9.17, 15) is 0 Å². The van der Waals surface area contributed by atoms with E-state index in [1.54, 1.807) is 0 Å². The van der Waals surface area contributed by atoms with Gasteiger partial charge in [-0.1, -0.05) is 6.58 Å². The van der Waals surface area contributed by atoms with Crippen LogP contribution in [0.5, 0.6) is 11.6 Å². The quantitative estimate of drug-likeness (QED) is 0.688. The maximum atomic E-state index is 5.90. The Morgan fingerprint density at radius 2 is 2.18 bits per heavy atom. The molecule has 6 heteroatoms. The van der Waals surface area contributed by atoms with Crippen molar-refractivity contribution in [3.05, 3.63) is 47.3 Å². The highest BCUT2D eigenvalue weighted by molar-refractivity contribution is 6.06. The first-order valence-corrected chi connectivity index (χ1v) is 9.93. The van der Waals surface area contributed by atoms with Crippen LogP contribution in [0.15, 0.2) is 35.5 Å². The maximum absolute atomic E-state index is 5.90. The van der Waals surface area contributed by atoms with Gasteiger partial charge in [0.15, 0.2) is 0 Å². The standard InChI is InChI=1S/C22H28N4O2/c1-13(2)23-14(3)11-28-22-15(4)21(25-26-22)20-10-17-9-18(7-8-19(17)24-20)27-12-16-5-6-16/h7-9,14,16,23H,1,5-6,10-12H2,2-4H3,(H,25,26)/t14-/m0/s1. The Balaban J connectivity index is 1.40. The smallest absolute Gasteiger partial charge is 0.236 e. The van der Waals surface area contributed by atoms with E-state index >= 15 is 0 Å². The zero-order valence-corrected chi connectivity index (χ0v) is 16.8. The van der Waals surface area contributed by atoms with Gasteiger partial charge in [0.05, 0.1) is 29.7 Å². The molecule has 1 aliphatic carbocycles. The number of hydrogen-bond donors (Lipinski definition) is 2. The number of rotatable bonds is 9. The number of nitrogens with zero attached hydrogens (tertiary/aromatic N) is 2. The Hall–Kier alpha value is -2.76. The van der Waals surface area contributed by atoms with E-state index in [4.69, 9.17) is 14.5 Å². The van der Waals surface area contributed by atoms with Crippen molar-refractivity contribution in [1.29, 1.82) is 0 Å². The number of hydrogen-bond acceptors (Lipinski definition) is 5. The lowest BCUT2D eigenvalue weighted by Gasteiger charge is -2.14. The number of ether oxygens (including phenoxy) is 2. The Bertz CT molecular complexity index is 911. The van der Waals surface area contributed by atoms with Gasteiger partial charge >= 0.3 is 0 Å². The molecule has 1 aromatic heterocycles. The van der Waals surface area contributed by atoms with E-state index in [0.29, 0.717) is 12.5 Å². The average molecular weight is 380 g/mol. The molecule has 1 aromatic carbocycles. The summed E-state index contributed by atoms with van der Waals surface area (Å²) in [7, 11) is 0. The van der Waals surface area contributed by atoms with Gasteiger partial charge in [-0.05, 0) is 63.3 Å². The number of allylic oxidation sites excluding steroid dienone is 1. The Kier molecular flexibility index (Phi) is 5.11. The molecule has 6 nitrogen and oxygen atoms in total. The van der Waals surface area contributed by atoms with Gasteiger partial charge in [-0.15, -0.1) is 5.10 Å². The largest absolute Gasteiger partial charge is 0.493 e. The van der Waals surface area contributed by atoms with Crippen molar-refractivity contribution in [3.8, 4) is 11.6 Å². The van der Waals surface area contributed by atoms with Crippen molar-refractivity contribution in [2.75, 3.05) is 13.2 Å². The van der Waals surface area contributed by atoms with Crippen LogP contribution in [0.1, 0.15) is 43.5 Å². The van der Waals surface area contributed by atoms with Crippen LogP contribution in [0.3, 0.4) is 0 Å². The Labute approximate surface area is 166 Å². The van der Waals surface area contributed by atoms with E-state index in [-0.39, 0.29) is 6.04 Å². The molecule has 1 fully saturated rings. The van der Waals surface area contributed by atoms with Gasteiger partial charge in [-0.25, -0.2) is 0 Å². The zero-order valence-electron chi connectivity index (χ0n) is 16.8. The van der Waals surface area contributed by atoms with Crippen LogP contribution in [0.4, 0.5) is 5.69 Å². The van der Waals surface area contributed by atoms with Crippen molar-refractivity contribution in [1.82, 2.24) is 15.5 Å². The fraction of sp³-hybridized carbons (Fsp3) is 0.455.